The average molecular weight is 728 g/mol. The van der Waals surface area contributed by atoms with Crippen molar-refractivity contribution >= 4 is 23.9 Å². The maximum Gasteiger partial charge on any atom is 0.407 e. The summed E-state index contributed by atoms with van der Waals surface area (Å²) < 4.78 is 25.1. The SMILES string of the molecule is COC(=O)C[C@H](C(=O)N1CCC[C@H]1c1ncc(-c2ccc(-c3ccc(-c4cnc([C@@H]5CCCN5C(=O)[C@H](C)NC(=O)OC)[nH]4)c(F)c3)cc2)[nH]1)C(C)C. The number of nitrogens with zero attached hydrogens (tertiary/aromatic N) is 4. The molecule has 4 heterocycles. The molecule has 2 fully saturated rings. The number of amides is 3. The molecule has 6 rings (SSSR count). The number of methoxy groups -OCH3 is 2. The molecule has 14 heteroatoms. The molecule has 3 amide bonds. The van der Waals surface area contributed by atoms with Crippen LogP contribution in [-0.4, -0.2) is 87.0 Å². The molecule has 3 N–H and O–H groups in total. The van der Waals surface area contributed by atoms with Crippen LogP contribution < -0.4 is 5.32 Å². The molecule has 4 aromatic rings. The molecular formula is C39H46FN7O6. The number of imidazole rings is 2. The standard InChI is InChI=1S/C39H46FN7O6/c1-22(2)28(19-34(48)52-4)38(50)47-17-7-9-33(47)35-41-20-30(44-35)25-12-10-24(11-13-25)26-14-15-27(29(40)18-26)31-21-42-36(45-31)32-8-6-16-46(32)37(49)23(3)43-39(51)53-5/h10-15,18,20-23,28,32-33H,6-9,16-17,19H2,1-5H3,(H,41,44)(H,42,45)(H,43,51)/t23-,28-,32-,33-/m0/s1. The van der Waals surface area contributed by atoms with E-state index in [4.69, 9.17) is 4.74 Å². The van der Waals surface area contributed by atoms with Gasteiger partial charge in [-0.25, -0.2) is 19.2 Å². The van der Waals surface area contributed by atoms with Gasteiger partial charge in [-0.05, 0) is 67.3 Å². The lowest BCUT2D eigenvalue weighted by atomic mass is 9.91. The lowest BCUT2D eigenvalue weighted by Crippen LogP contribution is -2.46. The number of carbonyl (C=O) groups is 4. The van der Waals surface area contributed by atoms with Gasteiger partial charge in [0, 0.05) is 18.7 Å². The highest BCUT2D eigenvalue weighted by Gasteiger charge is 2.38. The molecule has 0 radical (unpaired) electrons. The Bertz CT molecular complexity index is 1960. The van der Waals surface area contributed by atoms with Crippen LogP contribution >= 0.6 is 0 Å². The third-order valence-electron chi connectivity index (χ3n) is 10.3. The largest absolute Gasteiger partial charge is 0.469 e. The van der Waals surface area contributed by atoms with Gasteiger partial charge in [-0.3, -0.25) is 14.4 Å². The number of ether oxygens (including phenoxy) is 2. The summed E-state index contributed by atoms with van der Waals surface area (Å²) in [5.74, 6) is -0.341. The summed E-state index contributed by atoms with van der Waals surface area (Å²) in [6, 6.07) is 11.5. The zero-order chi connectivity index (χ0) is 37.8. The van der Waals surface area contributed by atoms with Gasteiger partial charge in [0.25, 0.3) is 0 Å². The number of halogens is 1. The number of nitrogens with one attached hydrogen (secondary N) is 3. The molecule has 2 aromatic carbocycles. The van der Waals surface area contributed by atoms with Crippen molar-refractivity contribution in [1.82, 2.24) is 35.1 Å². The van der Waals surface area contributed by atoms with Crippen LogP contribution in [0, 0.1) is 17.7 Å². The van der Waals surface area contributed by atoms with E-state index in [1.165, 1.54) is 20.3 Å². The van der Waals surface area contributed by atoms with Gasteiger partial charge < -0.3 is 34.6 Å². The molecule has 4 atom stereocenters. The fourth-order valence-electron chi connectivity index (χ4n) is 7.31. The number of rotatable bonds is 11. The maximum atomic E-state index is 15.6. The van der Waals surface area contributed by atoms with Crippen LogP contribution in [-0.2, 0) is 23.9 Å². The van der Waals surface area contributed by atoms with Gasteiger partial charge in [0.1, 0.15) is 23.5 Å². The van der Waals surface area contributed by atoms with Gasteiger partial charge in [-0.15, -0.1) is 0 Å². The second-order valence-corrected chi connectivity index (χ2v) is 14.0. The van der Waals surface area contributed by atoms with Crippen molar-refractivity contribution in [3.8, 4) is 33.6 Å². The number of hydrogen-bond acceptors (Lipinski definition) is 8. The summed E-state index contributed by atoms with van der Waals surface area (Å²) in [4.78, 5) is 69.5. The minimum Gasteiger partial charge on any atom is -0.469 e. The fourth-order valence-corrected chi connectivity index (χ4v) is 7.31. The minimum atomic E-state index is -0.766. The lowest BCUT2D eigenvalue weighted by Gasteiger charge is -2.29. The average Bonchev–Trinajstić information content (AvgIpc) is 3.99. The summed E-state index contributed by atoms with van der Waals surface area (Å²) in [5, 5.41) is 2.51. The van der Waals surface area contributed by atoms with Crippen LogP contribution in [0.5, 0.6) is 0 Å². The number of aromatic nitrogens is 4. The molecule has 0 saturated carbocycles. The molecule has 0 spiro atoms. The van der Waals surface area contributed by atoms with Gasteiger partial charge >= 0.3 is 12.1 Å². The van der Waals surface area contributed by atoms with Crippen molar-refractivity contribution in [3.63, 3.8) is 0 Å². The molecule has 0 bridgehead atoms. The first-order valence-corrected chi connectivity index (χ1v) is 18.0. The quantitative estimate of drug-likeness (QED) is 0.154. The Kier molecular flexibility index (Phi) is 11.2. The van der Waals surface area contributed by atoms with E-state index in [1.54, 1.807) is 30.3 Å². The highest BCUT2D eigenvalue weighted by Crippen LogP contribution is 2.36. The Morgan fingerprint density at radius 2 is 1.38 bits per heavy atom. The number of benzene rings is 2. The van der Waals surface area contributed by atoms with Gasteiger partial charge in [0.15, 0.2) is 0 Å². The summed E-state index contributed by atoms with van der Waals surface area (Å²) >= 11 is 0. The highest BCUT2D eigenvalue weighted by atomic mass is 19.1. The van der Waals surface area contributed by atoms with Gasteiger partial charge in [0.05, 0.1) is 62.4 Å². The summed E-state index contributed by atoms with van der Waals surface area (Å²) in [5.41, 5.74) is 4.08. The monoisotopic (exact) mass is 727 g/mol. The minimum absolute atomic E-state index is 0.0166. The van der Waals surface area contributed by atoms with E-state index in [9.17, 15) is 19.2 Å². The number of alkyl carbamates (subject to hydrolysis) is 1. The van der Waals surface area contributed by atoms with Gasteiger partial charge in [-0.2, -0.15) is 0 Å². The smallest absolute Gasteiger partial charge is 0.407 e. The molecule has 2 aromatic heterocycles. The van der Waals surface area contributed by atoms with Crippen LogP contribution in [0.4, 0.5) is 9.18 Å². The first kappa shape index (κ1) is 37.2. The van der Waals surface area contributed by atoms with Crippen LogP contribution in [0.15, 0.2) is 54.9 Å². The van der Waals surface area contributed by atoms with E-state index in [2.05, 4.69) is 30.0 Å². The van der Waals surface area contributed by atoms with Crippen molar-refractivity contribution in [2.45, 2.75) is 71.0 Å². The van der Waals surface area contributed by atoms with E-state index in [1.807, 2.05) is 49.1 Å². The van der Waals surface area contributed by atoms with Crippen LogP contribution in [0.1, 0.15) is 76.6 Å². The third-order valence-corrected chi connectivity index (χ3v) is 10.3. The molecule has 13 nitrogen and oxygen atoms in total. The van der Waals surface area contributed by atoms with Crippen LogP contribution in [0.25, 0.3) is 33.6 Å². The van der Waals surface area contributed by atoms with Crippen molar-refractivity contribution in [1.29, 1.82) is 0 Å². The van der Waals surface area contributed by atoms with E-state index in [0.717, 1.165) is 36.1 Å². The van der Waals surface area contributed by atoms with Crippen molar-refractivity contribution in [3.05, 3.63) is 72.3 Å². The van der Waals surface area contributed by atoms with Crippen molar-refractivity contribution < 1.29 is 33.0 Å². The van der Waals surface area contributed by atoms with E-state index in [-0.39, 0.29) is 36.2 Å². The topological polar surface area (TPSA) is 163 Å². The Balaban J connectivity index is 1.12. The molecule has 280 valence electrons. The maximum absolute atomic E-state index is 15.6. The van der Waals surface area contributed by atoms with Crippen molar-refractivity contribution in [2.75, 3.05) is 27.3 Å². The molecule has 0 unspecified atom stereocenters. The second kappa shape index (κ2) is 16.0. The summed E-state index contributed by atoms with van der Waals surface area (Å²) in [6.45, 7) is 6.61. The molecule has 2 aliphatic heterocycles. The zero-order valence-electron chi connectivity index (χ0n) is 30.6. The van der Waals surface area contributed by atoms with E-state index < -0.39 is 29.8 Å². The van der Waals surface area contributed by atoms with E-state index >= 15 is 4.39 Å². The Labute approximate surface area is 307 Å². The number of esters is 1. The number of aromatic amines is 2. The molecule has 2 saturated heterocycles. The molecule has 53 heavy (non-hydrogen) atoms. The van der Waals surface area contributed by atoms with E-state index in [0.29, 0.717) is 48.0 Å². The zero-order valence-corrected chi connectivity index (χ0v) is 30.6. The second-order valence-electron chi connectivity index (χ2n) is 14.0. The predicted molar refractivity (Wildman–Crippen MR) is 194 cm³/mol. The number of carbonyl (C=O) groups excluding carboxylic acids is 4. The predicted octanol–water partition coefficient (Wildman–Crippen LogP) is 6.18. The Hall–Kier alpha value is -5.53. The normalized spacial score (nSPS) is 18.2. The molecular weight excluding hydrogens is 681 g/mol. The number of likely N-dealkylation sites (tertiary alicyclic amines) is 2. The number of H-pyrrole nitrogens is 2. The summed E-state index contributed by atoms with van der Waals surface area (Å²) in [7, 11) is 2.58. The molecule has 0 aliphatic carbocycles. The van der Waals surface area contributed by atoms with Gasteiger partial charge in [0.2, 0.25) is 11.8 Å². The molecule has 2 aliphatic rings. The van der Waals surface area contributed by atoms with Crippen LogP contribution in [0.2, 0.25) is 0 Å². The van der Waals surface area contributed by atoms with Gasteiger partial charge in [-0.1, -0.05) is 44.2 Å². The summed E-state index contributed by atoms with van der Waals surface area (Å²) in [6.07, 6.45) is 5.79. The lowest BCUT2D eigenvalue weighted by molar-refractivity contribution is -0.148. The Morgan fingerprint density at radius 1 is 0.811 bits per heavy atom. The Morgan fingerprint density at radius 3 is 1.96 bits per heavy atom. The van der Waals surface area contributed by atoms with Crippen molar-refractivity contribution in [2.24, 2.45) is 11.8 Å². The number of hydrogen-bond donors (Lipinski definition) is 3. The fraction of sp³-hybridized carbons (Fsp3) is 0.436. The third kappa shape index (κ3) is 7.96. The van der Waals surface area contributed by atoms with Crippen LogP contribution in [0.3, 0.4) is 0 Å². The highest BCUT2D eigenvalue weighted by molar-refractivity contribution is 5.86. The first-order chi connectivity index (χ1) is 25.5. The first-order valence-electron chi connectivity index (χ1n) is 18.0.